The Hall–Kier alpha value is -3.87. The summed E-state index contributed by atoms with van der Waals surface area (Å²) in [5.41, 5.74) is 8.79. The third kappa shape index (κ3) is 4.88. The van der Waals surface area contributed by atoms with Crippen molar-refractivity contribution in [2.45, 2.75) is 33.3 Å². The molecule has 0 aliphatic carbocycles. The van der Waals surface area contributed by atoms with E-state index >= 15 is 0 Å². The van der Waals surface area contributed by atoms with E-state index in [1.807, 2.05) is 32.9 Å². The van der Waals surface area contributed by atoms with Crippen molar-refractivity contribution < 1.29 is 23.8 Å². The standard InChI is InChI=1S/C27H28N2O5/c1-16(2)15-33-24-14-19(27(28)31)4-5-21(24)26(18-8-11-29-12-9-18)34-23-7-6-20-22(30)10-13-32-25(20)17(23)3/h4-9,11-12,14,16,26H,10,13,15H2,1-3H3,(H2,28,31)/t26-/m1/s1. The van der Waals surface area contributed by atoms with E-state index in [4.69, 9.17) is 19.9 Å². The molecule has 176 valence electrons. The molecule has 0 saturated carbocycles. The highest BCUT2D eigenvalue weighted by atomic mass is 16.5. The van der Waals surface area contributed by atoms with Gasteiger partial charge in [0.1, 0.15) is 17.2 Å². The summed E-state index contributed by atoms with van der Waals surface area (Å²) in [6.45, 7) is 6.79. The van der Waals surface area contributed by atoms with Crippen molar-refractivity contribution in [3.8, 4) is 17.2 Å². The number of Topliss-reactive ketones (excluding diaryl/α,β-unsaturated/α-hetero) is 1. The fourth-order valence-corrected chi connectivity index (χ4v) is 3.85. The molecule has 0 bridgehead atoms. The zero-order chi connectivity index (χ0) is 24.2. The lowest BCUT2D eigenvalue weighted by molar-refractivity contribution is 0.0931. The lowest BCUT2D eigenvalue weighted by Gasteiger charge is -2.26. The first-order valence-corrected chi connectivity index (χ1v) is 11.3. The van der Waals surface area contributed by atoms with Gasteiger partial charge in [-0.05, 0) is 49.2 Å². The molecular weight excluding hydrogens is 432 g/mol. The van der Waals surface area contributed by atoms with Crippen molar-refractivity contribution in [3.63, 3.8) is 0 Å². The van der Waals surface area contributed by atoms with Crippen molar-refractivity contribution in [2.75, 3.05) is 13.2 Å². The summed E-state index contributed by atoms with van der Waals surface area (Å²) in [5.74, 6) is 1.48. The summed E-state index contributed by atoms with van der Waals surface area (Å²) < 4.78 is 18.4. The van der Waals surface area contributed by atoms with E-state index in [-0.39, 0.29) is 11.7 Å². The average Bonchev–Trinajstić information content (AvgIpc) is 2.83. The van der Waals surface area contributed by atoms with Gasteiger partial charge in [-0.3, -0.25) is 14.6 Å². The maximum Gasteiger partial charge on any atom is 0.248 e. The van der Waals surface area contributed by atoms with Gasteiger partial charge in [0.2, 0.25) is 5.91 Å². The molecule has 1 aromatic heterocycles. The number of carbonyl (C=O) groups excluding carboxylic acids is 2. The third-order valence-corrected chi connectivity index (χ3v) is 5.64. The molecule has 1 aliphatic heterocycles. The lowest BCUT2D eigenvalue weighted by atomic mass is 9.98. The van der Waals surface area contributed by atoms with Crippen LogP contribution in [-0.2, 0) is 0 Å². The van der Waals surface area contributed by atoms with Gasteiger partial charge in [-0.1, -0.05) is 19.9 Å². The van der Waals surface area contributed by atoms with Gasteiger partial charge in [-0.2, -0.15) is 0 Å². The Labute approximate surface area is 198 Å². The normalized spacial score (nSPS) is 13.7. The van der Waals surface area contributed by atoms with E-state index in [1.165, 1.54) is 0 Å². The number of primary amides is 1. The van der Waals surface area contributed by atoms with Crippen molar-refractivity contribution in [2.24, 2.45) is 11.7 Å². The molecule has 0 radical (unpaired) electrons. The Morgan fingerprint density at radius 1 is 1.12 bits per heavy atom. The topological polar surface area (TPSA) is 101 Å². The predicted molar refractivity (Wildman–Crippen MR) is 128 cm³/mol. The molecule has 0 unspecified atom stereocenters. The molecule has 1 amide bonds. The highest BCUT2D eigenvalue weighted by molar-refractivity contribution is 6.00. The van der Waals surface area contributed by atoms with Crippen molar-refractivity contribution in [1.82, 2.24) is 4.98 Å². The Balaban J connectivity index is 1.80. The Kier molecular flexibility index (Phi) is 6.82. The average molecular weight is 461 g/mol. The molecule has 7 nitrogen and oxygen atoms in total. The maximum absolute atomic E-state index is 12.3. The second-order valence-electron chi connectivity index (χ2n) is 8.69. The van der Waals surface area contributed by atoms with Gasteiger partial charge < -0.3 is 19.9 Å². The number of ketones is 1. The molecule has 0 spiro atoms. The molecule has 7 heteroatoms. The van der Waals surface area contributed by atoms with Crippen LogP contribution >= 0.6 is 0 Å². The van der Waals surface area contributed by atoms with E-state index in [9.17, 15) is 9.59 Å². The summed E-state index contributed by atoms with van der Waals surface area (Å²) in [6, 6.07) is 12.4. The van der Waals surface area contributed by atoms with Crippen LogP contribution in [0.25, 0.3) is 0 Å². The molecular formula is C27H28N2O5. The lowest BCUT2D eigenvalue weighted by Crippen LogP contribution is -2.18. The van der Waals surface area contributed by atoms with Gasteiger partial charge in [0, 0.05) is 41.1 Å². The number of amides is 1. The van der Waals surface area contributed by atoms with Crippen LogP contribution in [0.15, 0.2) is 54.9 Å². The van der Waals surface area contributed by atoms with Crippen LogP contribution < -0.4 is 19.9 Å². The van der Waals surface area contributed by atoms with Crippen LogP contribution in [0.3, 0.4) is 0 Å². The van der Waals surface area contributed by atoms with Crippen LogP contribution in [0, 0.1) is 12.8 Å². The van der Waals surface area contributed by atoms with E-state index in [1.54, 1.807) is 42.7 Å². The summed E-state index contributed by atoms with van der Waals surface area (Å²) in [7, 11) is 0. The minimum Gasteiger partial charge on any atom is -0.493 e. The minimum atomic E-state index is -0.567. The van der Waals surface area contributed by atoms with Crippen molar-refractivity contribution >= 4 is 11.7 Å². The number of fused-ring (bicyclic) bond motifs is 1. The second-order valence-corrected chi connectivity index (χ2v) is 8.69. The predicted octanol–water partition coefficient (Wildman–Crippen LogP) is 4.66. The zero-order valence-electron chi connectivity index (χ0n) is 19.5. The SMILES string of the molecule is Cc1c(O[C@H](c2ccncc2)c2ccc(C(N)=O)cc2OCC(C)C)ccc2c1OCCC2=O. The van der Waals surface area contributed by atoms with Crippen LogP contribution in [0.5, 0.6) is 17.2 Å². The highest BCUT2D eigenvalue weighted by Crippen LogP contribution is 2.40. The summed E-state index contributed by atoms with van der Waals surface area (Å²) >= 11 is 0. The van der Waals surface area contributed by atoms with Gasteiger partial charge in [-0.15, -0.1) is 0 Å². The number of nitrogens with two attached hydrogens (primary N) is 1. The molecule has 1 atom stereocenters. The van der Waals surface area contributed by atoms with Crippen LogP contribution in [-0.4, -0.2) is 29.9 Å². The fourth-order valence-electron chi connectivity index (χ4n) is 3.85. The number of aromatic nitrogens is 1. The molecule has 1 aliphatic rings. The Bertz CT molecular complexity index is 1210. The van der Waals surface area contributed by atoms with Crippen molar-refractivity contribution in [1.29, 1.82) is 0 Å². The molecule has 2 N–H and O–H groups in total. The van der Waals surface area contributed by atoms with Crippen LogP contribution in [0.4, 0.5) is 0 Å². The van der Waals surface area contributed by atoms with E-state index in [0.29, 0.717) is 48.0 Å². The highest BCUT2D eigenvalue weighted by Gasteiger charge is 2.26. The molecule has 0 fully saturated rings. The minimum absolute atomic E-state index is 0.0630. The van der Waals surface area contributed by atoms with Gasteiger partial charge in [0.25, 0.3) is 0 Å². The van der Waals surface area contributed by atoms with E-state index in [0.717, 1.165) is 16.7 Å². The molecule has 34 heavy (non-hydrogen) atoms. The number of carbonyl (C=O) groups is 2. The Morgan fingerprint density at radius 2 is 1.88 bits per heavy atom. The molecule has 2 heterocycles. The van der Waals surface area contributed by atoms with Gasteiger partial charge in [0.15, 0.2) is 11.9 Å². The smallest absolute Gasteiger partial charge is 0.248 e. The zero-order valence-corrected chi connectivity index (χ0v) is 19.5. The van der Waals surface area contributed by atoms with Gasteiger partial charge >= 0.3 is 0 Å². The molecule has 3 aromatic rings. The number of ether oxygens (including phenoxy) is 3. The van der Waals surface area contributed by atoms with Crippen LogP contribution in [0.1, 0.15) is 63.8 Å². The number of hydrogen-bond donors (Lipinski definition) is 1. The summed E-state index contributed by atoms with van der Waals surface area (Å²) in [6.07, 6.45) is 3.19. The van der Waals surface area contributed by atoms with Gasteiger partial charge in [-0.25, -0.2) is 0 Å². The fraction of sp³-hybridized carbons (Fsp3) is 0.296. The monoisotopic (exact) mass is 460 g/mol. The van der Waals surface area contributed by atoms with E-state index < -0.39 is 12.0 Å². The Morgan fingerprint density at radius 3 is 2.59 bits per heavy atom. The van der Waals surface area contributed by atoms with Crippen LogP contribution in [0.2, 0.25) is 0 Å². The number of pyridine rings is 1. The van der Waals surface area contributed by atoms with Crippen molar-refractivity contribution in [3.05, 3.63) is 82.7 Å². The first kappa shape index (κ1) is 23.3. The second kappa shape index (κ2) is 9.95. The first-order chi connectivity index (χ1) is 16.3. The number of hydrogen-bond acceptors (Lipinski definition) is 6. The summed E-state index contributed by atoms with van der Waals surface area (Å²) in [5, 5.41) is 0. The molecule has 0 saturated heterocycles. The van der Waals surface area contributed by atoms with Gasteiger partial charge in [0.05, 0.1) is 18.8 Å². The number of rotatable bonds is 8. The number of nitrogens with zero attached hydrogens (tertiary/aromatic N) is 1. The third-order valence-electron chi connectivity index (χ3n) is 5.64. The number of benzene rings is 2. The quantitative estimate of drug-likeness (QED) is 0.525. The largest absolute Gasteiger partial charge is 0.493 e. The molecule has 2 aromatic carbocycles. The van der Waals surface area contributed by atoms with E-state index in [2.05, 4.69) is 4.98 Å². The maximum atomic E-state index is 12.3. The summed E-state index contributed by atoms with van der Waals surface area (Å²) in [4.78, 5) is 28.2. The first-order valence-electron chi connectivity index (χ1n) is 11.3. The molecule has 4 rings (SSSR count).